The summed E-state index contributed by atoms with van der Waals surface area (Å²) in [5, 5.41) is 15.8. The van der Waals surface area contributed by atoms with Gasteiger partial charge in [-0.1, -0.05) is 42.5 Å². The summed E-state index contributed by atoms with van der Waals surface area (Å²) in [6.07, 6.45) is 0. The molecule has 144 valence electrons. The molecule has 0 aliphatic carbocycles. The van der Waals surface area contributed by atoms with Crippen molar-refractivity contribution in [1.82, 2.24) is 30.4 Å². The highest BCUT2D eigenvalue weighted by Gasteiger charge is 2.32. The molecule has 1 aliphatic heterocycles. The van der Waals surface area contributed by atoms with Crippen molar-refractivity contribution in [2.24, 2.45) is 0 Å². The molecular weight excluding hydrogens is 359 g/mol. The zero-order chi connectivity index (χ0) is 19.5. The Morgan fingerprint density at radius 2 is 2.04 bits per heavy atom. The van der Waals surface area contributed by atoms with Crippen LogP contribution in [-0.4, -0.2) is 50.6 Å². The second kappa shape index (κ2) is 7.85. The van der Waals surface area contributed by atoms with Crippen LogP contribution in [0.4, 0.5) is 4.39 Å². The second-order valence-electron chi connectivity index (χ2n) is 6.78. The molecule has 1 saturated heterocycles. The standard InChI is InChI=1S/C20H21FN6O/c1-14(27-24-19(23-25-27)15-6-3-2-4-7-15)20(28)26-11-10-22-13-18(26)16-8-5-9-17(21)12-16/h2-9,12,14,18,22H,10-11,13H2,1H3. The Kier molecular flexibility index (Phi) is 5.12. The van der Waals surface area contributed by atoms with E-state index in [4.69, 9.17) is 0 Å². The van der Waals surface area contributed by atoms with E-state index in [2.05, 4.69) is 20.7 Å². The molecule has 0 radical (unpaired) electrons. The summed E-state index contributed by atoms with van der Waals surface area (Å²) in [5.41, 5.74) is 1.61. The third-order valence-electron chi connectivity index (χ3n) is 4.92. The first kappa shape index (κ1) is 18.2. The first-order chi connectivity index (χ1) is 13.6. The number of tetrazole rings is 1. The lowest BCUT2D eigenvalue weighted by molar-refractivity contribution is -0.138. The Bertz CT molecular complexity index is 960. The van der Waals surface area contributed by atoms with Crippen LogP contribution in [0.25, 0.3) is 11.4 Å². The number of hydrogen-bond donors (Lipinski definition) is 1. The van der Waals surface area contributed by atoms with Crippen molar-refractivity contribution in [1.29, 1.82) is 0 Å². The van der Waals surface area contributed by atoms with E-state index in [1.165, 1.54) is 16.9 Å². The number of piperazine rings is 1. The summed E-state index contributed by atoms with van der Waals surface area (Å²) in [5.74, 6) is 0.0454. The van der Waals surface area contributed by atoms with Crippen molar-refractivity contribution in [3.05, 3.63) is 66.0 Å². The molecule has 1 N–H and O–H groups in total. The zero-order valence-corrected chi connectivity index (χ0v) is 15.5. The lowest BCUT2D eigenvalue weighted by Crippen LogP contribution is -2.50. The van der Waals surface area contributed by atoms with Gasteiger partial charge >= 0.3 is 0 Å². The predicted octanol–water partition coefficient (Wildman–Crippen LogP) is 2.21. The van der Waals surface area contributed by atoms with Gasteiger partial charge in [0.1, 0.15) is 11.9 Å². The van der Waals surface area contributed by atoms with Crippen molar-refractivity contribution in [2.75, 3.05) is 19.6 Å². The highest BCUT2D eigenvalue weighted by atomic mass is 19.1. The second-order valence-corrected chi connectivity index (χ2v) is 6.78. The van der Waals surface area contributed by atoms with Gasteiger partial charge in [-0.3, -0.25) is 4.79 Å². The Labute approximate surface area is 162 Å². The van der Waals surface area contributed by atoms with Gasteiger partial charge in [-0.2, -0.15) is 4.80 Å². The number of nitrogens with zero attached hydrogens (tertiary/aromatic N) is 5. The average Bonchev–Trinajstić information content (AvgIpc) is 3.24. The van der Waals surface area contributed by atoms with Crippen LogP contribution in [0, 0.1) is 5.82 Å². The highest BCUT2D eigenvalue weighted by molar-refractivity contribution is 5.80. The maximum absolute atomic E-state index is 13.7. The minimum absolute atomic E-state index is 0.118. The van der Waals surface area contributed by atoms with Gasteiger partial charge in [0.15, 0.2) is 0 Å². The van der Waals surface area contributed by atoms with Crippen LogP contribution in [0.1, 0.15) is 24.6 Å². The van der Waals surface area contributed by atoms with Gasteiger partial charge in [0, 0.05) is 25.2 Å². The Morgan fingerprint density at radius 1 is 1.21 bits per heavy atom. The number of nitrogens with one attached hydrogen (secondary N) is 1. The minimum atomic E-state index is -0.612. The van der Waals surface area contributed by atoms with Crippen molar-refractivity contribution in [3.63, 3.8) is 0 Å². The molecule has 1 aromatic heterocycles. The summed E-state index contributed by atoms with van der Waals surface area (Å²) >= 11 is 0. The Balaban J connectivity index is 1.56. The van der Waals surface area contributed by atoms with Crippen molar-refractivity contribution in [2.45, 2.75) is 19.0 Å². The number of rotatable bonds is 4. The van der Waals surface area contributed by atoms with Gasteiger partial charge in [-0.15, -0.1) is 10.2 Å². The smallest absolute Gasteiger partial charge is 0.249 e. The lowest BCUT2D eigenvalue weighted by Gasteiger charge is -2.37. The SMILES string of the molecule is CC(C(=O)N1CCNCC1c1cccc(F)c1)n1nnc(-c2ccccc2)n1. The number of halogens is 1. The molecule has 1 aliphatic rings. The Hall–Kier alpha value is -3.13. The van der Waals surface area contributed by atoms with E-state index in [0.717, 1.165) is 11.1 Å². The van der Waals surface area contributed by atoms with Crippen LogP contribution in [0.3, 0.4) is 0 Å². The van der Waals surface area contributed by atoms with E-state index in [1.54, 1.807) is 17.9 Å². The third kappa shape index (κ3) is 3.63. The van der Waals surface area contributed by atoms with E-state index < -0.39 is 6.04 Å². The molecule has 0 bridgehead atoms. The number of hydrogen-bond acceptors (Lipinski definition) is 5. The molecule has 3 aromatic rings. The summed E-state index contributed by atoms with van der Waals surface area (Å²) in [6, 6.07) is 15.0. The molecule has 0 saturated carbocycles. The number of carbonyl (C=O) groups is 1. The van der Waals surface area contributed by atoms with Crippen LogP contribution in [-0.2, 0) is 4.79 Å². The molecule has 8 heteroatoms. The highest BCUT2D eigenvalue weighted by Crippen LogP contribution is 2.25. The van der Waals surface area contributed by atoms with Crippen molar-refractivity contribution >= 4 is 5.91 Å². The van der Waals surface area contributed by atoms with E-state index in [-0.39, 0.29) is 17.8 Å². The summed E-state index contributed by atoms with van der Waals surface area (Å²) in [4.78, 5) is 16.3. The predicted molar refractivity (Wildman–Crippen MR) is 102 cm³/mol. The van der Waals surface area contributed by atoms with E-state index in [9.17, 15) is 9.18 Å². The first-order valence-electron chi connectivity index (χ1n) is 9.25. The molecule has 2 heterocycles. The fourth-order valence-corrected chi connectivity index (χ4v) is 3.41. The third-order valence-corrected chi connectivity index (χ3v) is 4.92. The first-order valence-corrected chi connectivity index (χ1v) is 9.25. The Morgan fingerprint density at radius 3 is 2.82 bits per heavy atom. The number of benzene rings is 2. The van der Waals surface area contributed by atoms with Crippen LogP contribution in [0.2, 0.25) is 0 Å². The number of aromatic nitrogens is 4. The van der Waals surface area contributed by atoms with Crippen molar-refractivity contribution in [3.8, 4) is 11.4 Å². The van der Waals surface area contributed by atoms with Gasteiger partial charge in [0.05, 0.1) is 6.04 Å². The summed E-state index contributed by atoms with van der Waals surface area (Å²) in [7, 11) is 0. The quantitative estimate of drug-likeness (QED) is 0.751. The fourth-order valence-electron chi connectivity index (χ4n) is 3.41. The van der Waals surface area contributed by atoms with E-state index in [0.29, 0.717) is 25.5 Å². The van der Waals surface area contributed by atoms with Crippen LogP contribution in [0.15, 0.2) is 54.6 Å². The largest absolute Gasteiger partial charge is 0.331 e. The molecule has 1 fully saturated rings. The maximum Gasteiger partial charge on any atom is 0.249 e. The van der Waals surface area contributed by atoms with Crippen LogP contribution < -0.4 is 5.32 Å². The van der Waals surface area contributed by atoms with E-state index in [1.807, 2.05) is 36.4 Å². The molecule has 7 nitrogen and oxygen atoms in total. The van der Waals surface area contributed by atoms with Gasteiger partial charge < -0.3 is 10.2 Å². The number of amides is 1. The molecular formula is C20H21FN6O. The topological polar surface area (TPSA) is 75.9 Å². The molecule has 2 unspecified atom stereocenters. The maximum atomic E-state index is 13.7. The summed E-state index contributed by atoms with van der Waals surface area (Å²) < 4.78 is 13.7. The molecule has 28 heavy (non-hydrogen) atoms. The van der Waals surface area contributed by atoms with Crippen LogP contribution in [0.5, 0.6) is 0 Å². The fraction of sp³-hybridized carbons (Fsp3) is 0.300. The number of carbonyl (C=O) groups excluding carboxylic acids is 1. The van der Waals surface area contributed by atoms with Gasteiger partial charge in [-0.25, -0.2) is 4.39 Å². The minimum Gasteiger partial charge on any atom is -0.331 e. The molecule has 4 rings (SSSR count). The van der Waals surface area contributed by atoms with Gasteiger partial charge in [0.25, 0.3) is 0 Å². The summed E-state index contributed by atoms with van der Waals surface area (Å²) in [6.45, 7) is 3.54. The molecule has 2 atom stereocenters. The zero-order valence-electron chi connectivity index (χ0n) is 15.5. The molecule has 1 amide bonds. The van der Waals surface area contributed by atoms with Gasteiger partial charge in [-0.05, 0) is 29.8 Å². The van der Waals surface area contributed by atoms with Crippen molar-refractivity contribution < 1.29 is 9.18 Å². The monoisotopic (exact) mass is 380 g/mol. The average molecular weight is 380 g/mol. The lowest BCUT2D eigenvalue weighted by atomic mass is 10.0. The normalized spacial score (nSPS) is 18.1. The molecule has 0 spiro atoms. The van der Waals surface area contributed by atoms with E-state index >= 15 is 0 Å². The van der Waals surface area contributed by atoms with Crippen LogP contribution >= 0.6 is 0 Å². The molecule has 2 aromatic carbocycles. The van der Waals surface area contributed by atoms with Gasteiger partial charge in [0.2, 0.25) is 11.7 Å².